The van der Waals surface area contributed by atoms with Crippen molar-refractivity contribution in [1.82, 2.24) is 0 Å². The Balaban J connectivity index is 3.08. The minimum Gasteiger partial charge on any atom is -0.368 e. The first kappa shape index (κ1) is 11.3. The molecule has 0 radical (unpaired) electrons. The Morgan fingerprint density at radius 3 is 2.69 bits per heavy atom. The molecule has 0 heterocycles. The van der Waals surface area contributed by atoms with E-state index in [9.17, 15) is 4.79 Å². The average molecular weight is 374 g/mol. The number of carbonyl (C=O) groups excluding carboxylic acids is 1. The Morgan fingerprint density at radius 2 is 2.23 bits per heavy atom. The summed E-state index contributed by atoms with van der Waals surface area (Å²) < 4.78 is 1.87. The molecule has 5 heteroatoms. The van der Waals surface area contributed by atoms with Gasteiger partial charge in [0, 0.05) is 8.04 Å². The minimum atomic E-state index is -0.750. The number of hydrogen-bond donors (Lipinski definition) is 1. The number of amides is 1. The summed E-state index contributed by atoms with van der Waals surface area (Å²) in [6.45, 7) is 0. The zero-order valence-electron chi connectivity index (χ0n) is 6.43. The van der Waals surface area contributed by atoms with E-state index in [0.717, 1.165) is 13.6 Å². The van der Waals surface area contributed by atoms with Gasteiger partial charge in [-0.3, -0.25) is 4.79 Å². The third-order valence-electron chi connectivity index (χ3n) is 1.49. The Kier molecular flexibility index (Phi) is 4.00. The lowest BCUT2D eigenvalue weighted by atomic mass is 10.1. The fourth-order valence-electron chi connectivity index (χ4n) is 0.860. The van der Waals surface area contributed by atoms with Gasteiger partial charge >= 0.3 is 0 Å². The Labute approximate surface area is 103 Å². The second-order valence-corrected chi connectivity index (χ2v) is 4.95. The van der Waals surface area contributed by atoms with Crippen molar-refractivity contribution >= 4 is 56.0 Å². The van der Waals surface area contributed by atoms with Crippen molar-refractivity contribution in [2.75, 3.05) is 0 Å². The van der Waals surface area contributed by atoms with Crippen LogP contribution in [0.2, 0.25) is 0 Å². The number of rotatable bonds is 2. The third-order valence-corrected chi connectivity index (χ3v) is 3.36. The number of carbonyl (C=O) groups is 1. The molecule has 0 aliphatic heterocycles. The first-order chi connectivity index (χ1) is 6.02. The van der Waals surface area contributed by atoms with Crippen molar-refractivity contribution in [3.63, 3.8) is 0 Å². The normalized spacial score (nSPS) is 12.5. The van der Waals surface area contributed by atoms with Gasteiger partial charge in [0.1, 0.15) is 5.38 Å². The van der Waals surface area contributed by atoms with Crippen molar-refractivity contribution in [1.29, 1.82) is 0 Å². The van der Waals surface area contributed by atoms with E-state index < -0.39 is 11.3 Å². The molecule has 2 nitrogen and oxygen atoms in total. The molecule has 0 fully saturated rings. The maximum atomic E-state index is 10.8. The van der Waals surface area contributed by atoms with Crippen LogP contribution in [0.15, 0.2) is 22.7 Å². The van der Waals surface area contributed by atoms with Crippen LogP contribution >= 0.6 is 50.1 Å². The monoisotopic (exact) mass is 373 g/mol. The van der Waals surface area contributed by atoms with Crippen LogP contribution in [0.5, 0.6) is 0 Å². The number of alkyl halides is 1. The molecule has 0 aromatic heterocycles. The molecule has 1 aromatic rings. The van der Waals surface area contributed by atoms with Gasteiger partial charge in [0.15, 0.2) is 0 Å². The molecule has 70 valence electrons. The van der Waals surface area contributed by atoms with Gasteiger partial charge in [-0.1, -0.05) is 22.0 Å². The SMILES string of the molecule is NC(=O)C(Cl)c1ccc(Br)cc1I. The summed E-state index contributed by atoms with van der Waals surface area (Å²) in [6, 6.07) is 5.50. The highest BCUT2D eigenvalue weighted by Crippen LogP contribution is 2.27. The van der Waals surface area contributed by atoms with Crippen LogP contribution in [0.3, 0.4) is 0 Å². The van der Waals surface area contributed by atoms with Crippen molar-refractivity contribution in [2.45, 2.75) is 5.38 Å². The van der Waals surface area contributed by atoms with E-state index in [-0.39, 0.29) is 0 Å². The van der Waals surface area contributed by atoms with E-state index in [1.54, 1.807) is 6.07 Å². The van der Waals surface area contributed by atoms with Gasteiger partial charge in [0.25, 0.3) is 0 Å². The van der Waals surface area contributed by atoms with Crippen molar-refractivity contribution in [3.8, 4) is 0 Å². The number of benzene rings is 1. The Bertz CT molecular complexity index is 345. The lowest BCUT2D eigenvalue weighted by molar-refractivity contribution is -0.117. The molecule has 0 aliphatic carbocycles. The number of nitrogens with two attached hydrogens (primary N) is 1. The molecule has 1 unspecified atom stereocenters. The lowest BCUT2D eigenvalue weighted by Crippen LogP contribution is -2.17. The fourth-order valence-corrected chi connectivity index (χ4v) is 2.85. The Hall–Kier alpha value is 0.190. The third kappa shape index (κ3) is 2.82. The van der Waals surface area contributed by atoms with Crippen LogP contribution in [-0.4, -0.2) is 5.91 Å². The molecule has 0 aliphatic rings. The summed E-state index contributed by atoms with van der Waals surface area (Å²) in [4.78, 5) is 10.8. The highest BCUT2D eigenvalue weighted by molar-refractivity contribution is 14.1. The highest BCUT2D eigenvalue weighted by Gasteiger charge is 2.16. The maximum absolute atomic E-state index is 10.8. The van der Waals surface area contributed by atoms with E-state index in [1.807, 2.05) is 12.1 Å². The lowest BCUT2D eigenvalue weighted by Gasteiger charge is -2.07. The number of hydrogen-bond acceptors (Lipinski definition) is 1. The molecule has 1 atom stereocenters. The zero-order valence-corrected chi connectivity index (χ0v) is 10.9. The van der Waals surface area contributed by atoms with E-state index in [0.29, 0.717) is 0 Å². The molecule has 0 spiro atoms. The van der Waals surface area contributed by atoms with E-state index >= 15 is 0 Å². The summed E-state index contributed by atoms with van der Waals surface area (Å²) in [5.41, 5.74) is 5.84. The Morgan fingerprint density at radius 1 is 1.62 bits per heavy atom. The zero-order chi connectivity index (χ0) is 10.0. The van der Waals surface area contributed by atoms with Gasteiger partial charge in [0.2, 0.25) is 5.91 Å². The van der Waals surface area contributed by atoms with Gasteiger partial charge in [-0.2, -0.15) is 0 Å². The highest BCUT2D eigenvalue weighted by atomic mass is 127. The molecule has 1 amide bonds. The molecule has 1 rings (SSSR count). The van der Waals surface area contributed by atoms with Gasteiger partial charge < -0.3 is 5.73 Å². The summed E-state index contributed by atoms with van der Waals surface area (Å²) >= 11 is 11.2. The van der Waals surface area contributed by atoms with Crippen LogP contribution in [0.1, 0.15) is 10.9 Å². The number of primary amides is 1. The largest absolute Gasteiger partial charge is 0.368 e. The van der Waals surface area contributed by atoms with Gasteiger partial charge in [-0.15, -0.1) is 11.6 Å². The molecule has 0 bridgehead atoms. The van der Waals surface area contributed by atoms with Crippen LogP contribution < -0.4 is 5.73 Å². The standard InChI is InChI=1S/C8H6BrClINO/c9-4-1-2-5(6(11)3-4)7(10)8(12)13/h1-3,7H,(H2,12,13). The van der Waals surface area contributed by atoms with Crippen LogP contribution in [0.4, 0.5) is 0 Å². The van der Waals surface area contributed by atoms with E-state index in [2.05, 4.69) is 38.5 Å². The molecule has 1 aromatic carbocycles. The van der Waals surface area contributed by atoms with Crippen molar-refractivity contribution in [3.05, 3.63) is 31.8 Å². The van der Waals surface area contributed by atoms with Gasteiger partial charge in [-0.05, 0) is 40.3 Å². The maximum Gasteiger partial charge on any atom is 0.240 e. The van der Waals surface area contributed by atoms with Gasteiger partial charge in [-0.25, -0.2) is 0 Å². The first-order valence-corrected chi connectivity index (χ1v) is 5.71. The fraction of sp³-hybridized carbons (Fsp3) is 0.125. The topological polar surface area (TPSA) is 43.1 Å². The molecule has 0 saturated carbocycles. The first-order valence-electron chi connectivity index (χ1n) is 3.40. The van der Waals surface area contributed by atoms with E-state index in [4.69, 9.17) is 17.3 Å². The molecular formula is C8H6BrClINO. The van der Waals surface area contributed by atoms with Crippen molar-refractivity contribution < 1.29 is 4.79 Å². The van der Waals surface area contributed by atoms with Crippen molar-refractivity contribution in [2.24, 2.45) is 5.73 Å². The smallest absolute Gasteiger partial charge is 0.240 e. The van der Waals surface area contributed by atoms with Crippen LogP contribution in [0.25, 0.3) is 0 Å². The van der Waals surface area contributed by atoms with Gasteiger partial charge in [0.05, 0.1) is 0 Å². The van der Waals surface area contributed by atoms with E-state index in [1.165, 1.54) is 0 Å². The molecule has 13 heavy (non-hydrogen) atoms. The second-order valence-electron chi connectivity index (χ2n) is 2.43. The average Bonchev–Trinajstić information content (AvgIpc) is 2.03. The van der Waals surface area contributed by atoms with Crippen LogP contribution in [0, 0.1) is 3.57 Å². The summed E-state index contributed by atoms with van der Waals surface area (Å²) in [5.74, 6) is -0.526. The summed E-state index contributed by atoms with van der Waals surface area (Å²) in [6.07, 6.45) is 0. The predicted octanol–water partition coefficient (Wildman–Crippen LogP) is 2.82. The minimum absolute atomic E-state index is 0.526. The summed E-state index contributed by atoms with van der Waals surface area (Å²) in [5, 5.41) is -0.750. The molecule has 0 saturated heterocycles. The quantitative estimate of drug-likeness (QED) is 0.628. The number of halogens is 3. The van der Waals surface area contributed by atoms with Crippen LogP contribution in [-0.2, 0) is 4.79 Å². The predicted molar refractivity (Wildman–Crippen MR) is 64.6 cm³/mol. The molecule has 2 N–H and O–H groups in total. The summed E-state index contributed by atoms with van der Waals surface area (Å²) in [7, 11) is 0. The molecular weight excluding hydrogens is 368 g/mol. The second kappa shape index (κ2) is 4.61.